The molecule has 0 aromatic rings. The predicted molar refractivity (Wildman–Crippen MR) is 34.0 cm³/mol. The van der Waals surface area contributed by atoms with Gasteiger partial charge < -0.3 is 14.0 Å². The largest absolute Gasteiger partial charge is 1.00 e. The monoisotopic (exact) mass is 206 g/mol. The van der Waals surface area contributed by atoms with E-state index in [1.165, 1.54) is 0 Å². The van der Waals surface area contributed by atoms with Crippen LogP contribution in [0.1, 0.15) is 0 Å². The molecule has 0 aromatic heterocycles. The Hall–Kier alpha value is -0.263. The van der Waals surface area contributed by atoms with Crippen molar-refractivity contribution in [1.82, 2.24) is 0 Å². The van der Waals surface area contributed by atoms with Crippen molar-refractivity contribution in [2.75, 3.05) is 20.3 Å². The van der Waals surface area contributed by atoms with E-state index in [-0.39, 0.29) is 25.5 Å². The molecule has 0 aliphatic rings. The second-order valence-corrected chi connectivity index (χ2v) is 2.59. The van der Waals surface area contributed by atoms with Crippen LogP contribution in [0.5, 0.6) is 0 Å². The fourth-order valence-corrected chi connectivity index (χ4v) is 0.592. The fourth-order valence-electron chi connectivity index (χ4n) is 0.320. The normalized spacial score (nSPS) is 10.0. The third-order valence-corrected chi connectivity index (χ3v) is 1.15. The molecule has 0 rings (SSSR count). The minimum Gasteiger partial charge on any atom is -0.726 e. The van der Waals surface area contributed by atoms with Gasteiger partial charge in [0.25, 0.3) is 0 Å². The average Bonchev–Trinajstić information content (AvgIpc) is 1.96. The van der Waals surface area contributed by atoms with Crippen molar-refractivity contribution in [3.63, 3.8) is 0 Å². The molecule has 0 atom stereocenters. The number of ether oxygens (including phenoxy) is 2. The topological polar surface area (TPSA) is 102 Å². The van der Waals surface area contributed by atoms with E-state index in [1.807, 2.05) is 0 Å². The van der Waals surface area contributed by atoms with E-state index in [2.05, 4.69) is 13.7 Å². The molecule has 0 fully saturated rings. The summed E-state index contributed by atoms with van der Waals surface area (Å²) in [5.74, 6) is 0. The van der Waals surface area contributed by atoms with Crippen LogP contribution in [-0.4, -0.2) is 39.4 Å². The van der Waals surface area contributed by atoms with E-state index in [4.69, 9.17) is 0 Å². The van der Waals surface area contributed by atoms with Crippen LogP contribution < -0.4 is 18.9 Å². The standard InChI is InChI=1S/C4H8O7S.Li/c1-9-4(5)10-2-3-11-12(6,7)8;/h2-3H2,1H3,(H,6,7,8);/q;+1/p-1. The molecule has 0 amide bonds. The van der Waals surface area contributed by atoms with E-state index < -0.39 is 23.2 Å². The summed E-state index contributed by atoms with van der Waals surface area (Å²) in [5.41, 5.74) is 0. The van der Waals surface area contributed by atoms with Crippen molar-refractivity contribution in [2.24, 2.45) is 0 Å². The second-order valence-electron chi connectivity index (χ2n) is 1.53. The van der Waals surface area contributed by atoms with Gasteiger partial charge in [-0.3, -0.25) is 4.18 Å². The molecule has 13 heavy (non-hydrogen) atoms. The van der Waals surface area contributed by atoms with Gasteiger partial charge in [-0.1, -0.05) is 0 Å². The third kappa shape index (κ3) is 11.7. The predicted octanol–water partition coefficient (Wildman–Crippen LogP) is -3.75. The van der Waals surface area contributed by atoms with Gasteiger partial charge in [0, 0.05) is 0 Å². The van der Waals surface area contributed by atoms with Crippen LogP contribution >= 0.6 is 0 Å². The van der Waals surface area contributed by atoms with Gasteiger partial charge in [0.2, 0.25) is 10.4 Å². The van der Waals surface area contributed by atoms with Crippen LogP contribution in [0.2, 0.25) is 0 Å². The third-order valence-electron chi connectivity index (χ3n) is 0.698. The van der Waals surface area contributed by atoms with Crippen molar-refractivity contribution in [3.8, 4) is 0 Å². The van der Waals surface area contributed by atoms with E-state index in [0.717, 1.165) is 7.11 Å². The minimum absolute atomic E-state index is 0. The molecule has 0 heterocycles. The Morgan fingerprint density at radius 2 is 1.92 bits per heavy atom. The van der Waals surface area contributed by atoms with Crippen LogP contribution in [-0.2, 0) is 24.1 Å². The summed E-state index contributed by atoms with van der Waals surface area (Å²) < 4.78 is 41.3. The van der Waals surface area contributed by atoms with Gasteiger partial charge in [-0.15, -0.1) is 0 Å². The molecule has 0 saturated carbocycles. The molecule has 0 aliphatic heterocycles. The number of hydrogen-bond acceptors (Lipinski definition) is 7. The summed E-state index contributed by atoms with van der Waals surface area (Å²) in [4.78, 5) is 10.2. The van der Waals surface area contributed by atoms with Gasteiger partial charge in [0.05, 0.1) is 13.7 Å². The maximum atomic E-state index is 10.2. The Balaban J connectivity index is 0. The summed E-state index contributed by atoms with van der Waals surface area (Å²) in [6, 6.07) is 0. The molecular formula is C4H7LiO7S. The van der Waals surface area contributed by atoms with Crippen molar-refractivity contribution in [3.05, 3.63) is 0 Å². The molecule has 0 radical (unpaired) electrons. The zero-order valence-electron chi connectivity index (χ0n) is 7.18. The van der Waals surface area contributed by atoms with Crippen LogP contribution in [0, 0.1) is 0 Å². The number of rotatable bonds is 4. The van der Waals surface area contributed by atoms with Crippen LogP contribution in [0.15, 0.2) is 0 Å². The molecule has 0 unspecified atom stereocenters. The van der Waals surface area contributed by atoms with E-state index in [0.29, 0.717) is 0 Å². The number of carbonyl (C=O) groups is 1. The molecule has 0 N–H and O–H groups in total. The SMILES string of the molecule is COC(=O)OCCOS(=O)(=O)[O-].[Li+]. The van der Waals surface area contributed by atoms with Gasteiger partial charge in [-0.2, -0.15) is 0 Å². The van der Waals surface area contributed by atoms with Crippen molar-refractivity contribution in [2.45, 2.75) is 0 Å². The molecule has 0 bridgehead atoms. The Labute approximate surface area is 87.5 Å². The first-order valence-corrected chi connectivity index (χ1v) is 4.10. The molecule has 0 aliphatic carbocycles. The van der Waals surface area contributed by atoms with Gasteiger partial charge in [0.15, 0.2) is 0 Å². The first kappa shape index (κ1) is 15.2. The van der Waals surface area contributed by atoms with Crippen LogP contribution in [0.4, 0.5) is 4.79 Å². The Kier molecular flexibility index (Phi) is 8.40. The Morgan fingerprint density at radius 1 is 1.38 bits per heavy atom. The smallest absolute Gasteiger partial charge is 0.726 e. The van der Waals surface area contributed by atoms with Crippen molar-refractivity contribution >= 4 is 16.6 Å². The number of methoxy groups -OCH3 is 1. The molecule has 72 valence electrons. The average molecular weight is 206 g/mol. The van der Waals surface area contributed by atoms with E-state index in [1.54, 1.807) is 0 Å². The molecular weight excluding hydrogens is 199 g/mol. The zero-order chi connectivity index (χ0) is 9.61. The first-order valence-electron chi connectivity index (χ1n) is 2.76. The molecule has 0 aromatic carbocycles. The zero-order valence-corrected chi connectivity index (χ0v) is 8.00. The van der Waals surface area contributed by atoms with Crippen molar-refractivity contribution in [1.29, 1.82) is 0 Å². The minimum atomic E-state index is -4.71. The maximum absolute atomic E-state index is 10.2. The number of hydrogen-bond donors (Lipinski definition) is 0. The summed E-state index contributed by atoms with van der Waals surface area (Å²) in [6.07, 6.45) is -0.970. The van der Waals surface area contributed by atoms with Gasteiger partial charge in [-0.25, -0.2) is 13.2 Å². The van der Waals surface area contributed by atoms with Crippen LogP contribution in [0.25, 0.3) is 0 Å². The quantitative estimate of drug-likeness (QED) is 0.153. The molecule has 7 nitrogen and oxygen atoms in total. The fraction of sp³-hybridized carbons (Fsp3) is 0.750. The Bertz CT molecular complexity index is 235. The Morgan fingerprint density at radius 3 is 2.31 bits per heavy atom. The molecule has 0 spiro atoms. The molecule has 9 heteroatoms. The number of carbonyl (C=O) groups excluding carboxylic acids is 1. The summed E-state index contributed by atoms with van der Waals surface area (Å²) in [6.45, 7) is -0.866. The summed E-state index contributed by atoms with van der Waals surface area (Å²) >= 11 is 0. The summed E-state index contributed by atoms with van der Waals surface area (Å²) in [5, 5.41) is 0. The second kappa shape index (κ2) is 7.17. The molecule has 0 saturated heterocycles. The van der Waals surface area contributed by atoms with Gasteiger partial charge in [-0.05, 0) is 0 Å². The van der Waals surface area contributed by atoms with Gasteiger partial charge >= 0.3 is 25.0 Å². The van der Waals surface area contributed by atoms with E-state index in [9.17, 15) is 17.8 Å². The summed E-state index contributed by atoms with van der Waals surface area (Å²) in [7, 11) is -3.62. The first-order chi connectivity index (χ1) is 5.45. The van der Waals surface area contributed by atoms with Crippen LogP contribution in [0.3, 0.4) is 0 Å². The van der Waals surface area contributed by atoms with E-state index >= 15 is 0 Å². The van der Waals surface area contributed by atoms with Crippen molar-refractivity contribution < 1.29 is 50.3 Å². The van der Waals surface area contributed by atoms with Gasteiger partial charge in [0.1, 0.15) is 6.61 Å². The maximum Gasteiger partial charge on any atom is 1.00 e.